The van der Waals surface area contributed by atoms with Gasteiger partial charge in [-0.2, -0.15) is 0 Å². The number of rotatable bonds is 6. The topological polar surface area (TPSA) is 64.4 Å². The van der Waals surface area contributed by atoms with E-state index in [1.54, 1.807) is 7.11 Å². The quantitative estimate of drug-likeness (QED) is 0.889. The molecule has 0 atom stereocenters. The molecule has 1 fully saturated rings. The second kappa shape index (κ2) is 7.31. The summed E-state index contributed by atoms with van der Waals surface area (Å²) in [6, 6.07) is 9.38. The predicted octanol–water partition coefficient (Wildman–Crippen LogP) is 3.20. The van der Waals surface area contributed by atoms with Crippen LogP contribution in [0.2, 0.25) is 0 Å². The molecule has 0 aliphatic heterocycles. The number of methoxy groups -OCH3 is 1. The van der Waals surface area contributed by atoms with E-state index in [2.05, 4.69) is 10.5 Å². The van der Waals surface area contributed by atoms with Crippen LogP contribution < -0.4 is 10.1 Å². The fourth-order valence-corrected chi connectivity index (χ4v) is 3.01. The average molecular weight is 314 g/mol. The van der Waals surface area contributed by atoms with E-state index < -0.39 is 0 Å². The lowest BCUT2D eigenvalue weighted by Gasteiger charge is -2.09. The number of hydrogen-bond donors (Lipinski definition) is 1. The highest BCUT2D eigenvalue weighted by atomic mass is 16.5. The lowest BCUT2D eigenvalue weighted by molar-refractivity contribution is -0.120. The number of carbonyl (C=O) groups excluding carboxylic acids is 1. The summed E-state index contributed by atoms with van der Waals surface area (Å²) >= 11 is 0. The van der Waals surface area contributed by atoms with Gasteiger partial charge in [-0.25, -0.2) is 0 Å². The highest BCUT2D eigenvalue weighted by molar-refractivity contribution is 5.78. The van der Waals surface area contributed by atoms with E-state index in [0.29, 0.717) is 17.4 Å². The molecule has 0 bridgehead atoms. The molecule has 0 unspecified atom stereocenters. The van der Waals surface area contributed by atoms with Gasteiger partial charge in [0.05, 0.1) is 19.2 Å². The lowest BCUT2D eigenvalue weighted by Crippen LogP contribution is -2.29. The molecular formula is C18H22N2O3. The van der Waals surface area contributed by atoms with Gasteiger partial charge in [-0.1, -0.05) is 30.1 Å². The van der Waals surface area contributed by atoms with Crippen molar-refractivity contribution < 1.29 is 14.1 Å². The Hall–Kier alpha value is -2.30. The van der Waals surface area contributed by atoms with E-state index in [1.165, 1.54) is 25.7 Å². The third-order valence-electron chi connectivity index (χ3n) is 4.32. The van der Waals surface area contributed by atoms with Gasteiger partial charge < -0.3 is 14.6 Å². The summed E-state index contributed by atoms with van der Waals surface area (Å²) in [6.45, 7) is 0.777. The first-order chi connectivity index (χ1) is 11.2. The van der Waals surface area contributed by atoms with Crippen molar-refractivity contribution >= 4 is 5.91 Å². The van der Waals surface area contributed by atoms with Crippen molar-refractivity contribution in [3.63, 3.8) is 0 Å². The van der Waals surface area contributed by atoms with Gasteiger partial charge in [0.1, 0.15) is 5.75 Å². The second-order valence-electron chi connectivity index (χ2n) is 6.05. The van der Waals surface area contributed by atoms with Crippen LogP contribution in [0.4, 0.5) is 0 Å². The van der Waals surface area contributed by atoms with Crippen LogP contribution in [-0.4, -0.2) is 24.7 Å². The minimum Gasteiger partial charge on any atom is -0.497 e. The molecule has 5 nitrogen and oxygen atoms in total. The van der Waals surface area contributed by atoms with Crippen molar-refractivity contribution in [3.8, 4) is 17.1 Å². The van der Waals surface area contributed by atoms with Gasteiger partial charge in [0.2, 0.25) is 5.91 Å². The Morgan fingerprint density at radius 2 is 2.17 bits per heavy atom. The monoisotopic (exact) mass is 314 g/mol. The molecule has 0 radical (unpaired) electrons. The van der Waals surface area contributed by atoms with E-state index >= 15 is 0 Å². The van der Waals surface area contributed by atoms with Gasteiger partial charge in [-0.15, -0.1) is 0 Å². The number of nitrogens with one attached hydrogen (secondary N) is 1. The van der Waals surface area contributed by atoms with Crippen LogP contribution in [-0.2, 0) is 11.2 Å². The fraction of sp³-hybridized carbons (Fsp3) is 0.444. The Morgan fingerprint density at radius 3 is 2.96 bits per heavy atom. The van der Waals surface area contributed by atoms with Crippen molar-refractivity contribution in [2.75, 3.05) is 13.7 Å². The van der Waals surface area contributed by atoms with Gasteiger partial charge in [0.15, 0.2) is 5.76 Å². The van der Waals surface area contributed by atoms with Gasteiger partial charge in [0.25, 0.3) is 0 Å². The molecule has 1 aliphatic rings. The normalized spacial score (nSPS) is 14.8. The zero-order chi connectivity index (χ0) is 16.1. The third kappa shape index (κ3) is 4.12. The first kappa shape index (κ1) is 15.6. The predicted molar refractivity (Wildman–Crippen MR) is 87.2 cm³/mol. The van der Waals surface area contributed by atoms with Gasteiger partial charge in [-0.3, -0.25) is 4.79 Å². The van der Waals surface area contributed by atoms with Crippen LogP contribution in [0.15, 0.2) is 34.9 Å². The van der Waals surface area contributed by atoms with Crippen molar-refractivity contribution in [2.45, 2.75) is 32.1 Å². The number of nitrogens with zero attached hydrogens (tertiary/aromatic N) is 1. The fourth-order valence-electron chi connectivity index (χ4n) is 3.01. The van der Waals surface area contributed by atoms with Crippen LogP contribution in [0.3, 0.4) is 0 Å². The molecule has 1 heterocycles. The zero-order valence-electron chi connectivity index (χ0n) is 13.4. The molecule has 1 aromatic heterocycles. The Bertz CT molecular complexity index is 660. The summed E-state index contributed by atoms with van der Waals surface area (Å²) in [5, 5.41) is 6.99. The zero-order valence-corrected chi connectivity index (χ0v) is 13.4. The standard InChI is InChI=1S/C18H22N2O3/c1-22-16-8-4-7-14(9-16)17-10-15(20-23-17)11-18(21)19-12-13-5-2-3-6-13/h4,7-10,13H,2-3,5-6,11-12H2,1H3,(H,19,21). The van der Waals surface area contributed by atoms with Crippen LogP contribution in [0.25, 0.3) is 11.3 Å². The largest absolute Gasteiger partial charge is 0.497 e. The first-order valence-corrected chi connectivity index (χ1v) is 8.11. The van der Waals surface area contributed by atoms with E-state index in [-0.39, 0.29) is 12.3 Å². The summed E-state index contributed by atoms with van der Waals surface area (Å²) in [6.07, 6.45) is 5.27. The van der Waals surface area contributed by atoms with Crippen LogP contribution in [0.1, 0.15) is 31.4 Å². The molecule has 3 rings (SSSR count). The highest BCUT2D eigenvalue weighted by Gasteiger charge is 2.16. The van der Waals surface area contributed by atoms with Crippen LogP contribution >= 0.6 is 0 Å². The second-order valence-corrected chi connectivity index (χ2v) is 6.05. The Balaban J connectivity index is 1.56. The Morgan fingerprint density at radius 1 is 1.35 bits per heavy atom. The highest BCUT2D eigenvalue weighted by Crippen LogP contribution is 2.25. The molecule has 1 aromatic carbocycles. The summed E-state index contributed by atoms with van der Waals surface area (Å²) in [7, 11) is 1.62. The Labute approximate surface area is 136 Å². The molecule has 1 saturated carbocycles. The van der Waals surface area contributed by atoms with Gasteiger partial charge >= 0.3 is 0 Å². The first-order valence-electron chi connectivity index (χ1n) is 8.11. The molecule has 122 valence electrons. The maximum Gasteiger partial charge on any atom is 0.226 e. The number of carbonyl (C=O) groups is 1. The molecular weight excluding hydrogens is 292 g/mol. The number of ether oxygens (including phenoxy) is 1. The van der Waals surface area contributed by atoms with Gasteiger partial charge in [-0.05, 0) is 30.9 Å². The SMILES string of the molecule is COc1cccc(-c2cc(CC(=O)NCC3CCCC3)no2)c1. The molecule has 1 amide bonds. The average Bonchev–Trinajstić information content (AvgIpc) is 3.25. The third-order valence-corrected chi connectivity index (χ3v) is 4.32. The maximum atomic E-state index is 12.0. The smallest absolute Gasteiger partial charge is 0.226 e. The number of amides is 1. The van der Waals surface area contributed by atoms with Gasteiger partial charge in [0, 0.05) is 18.2 Å². The molecule has 5 heteroatoms. The van der Waals surface area contributed by atoms with E-state index in [4.69, 9.17) is 9.26 Å². The molecule has 0 spiro atoms. The minimum absolute atomic E-state index is 0.00222. The summed E-state index contributed by atoms with van der Waals surface area (Å²) in [5.74, 6) is 2.04. The summed E-state index contributed by atoms with van der Waals surface area (Å²) < 4.78 is 10.5. The maximum absolute atomic E-state index is 12.0. The molecule has 23 heavy (non-hydrogen) atoms. The lowest BCUT2D eigenvalue weighted by atomic mass is 10.1. The van der Waals surface area contributed by atoms with Crippen LogP contribution in [0, 0.1) is 5.92 Å². The molecule has 2 aromatic rings. The summed E-state index contributed by atoms with van der Waals surface area (Å²) in [4.78, 5) is 12.0. The minimum atomic E-state index is 0.00222. The molecule has 1 N–H and O–H groups in total. The van der Waals surface area contributed by atoms with Crippen molar-refractivity contribution in [3.05, 3.63) is 36.0 Å². The van der Waals surface area contributed by atoms with E-state index in [9.17, 15) is 4.79 Å². The van der Waals surface area contributed by atoms with Crippen molar-refractivity contribution in [1.29, 1.82) is 0 Å². The number of hydrogen-bond acceptors (Lipinski definition) is 4. The van der Waals surface area contributed by atoms with E-state index in [1.807, 2.05) is 30.3 Å². The summed E-state index contributed by atoms with van der Waals surface area (Å²) in [5.41, 5.74) is 1.53. The molecule has 1 aliphatic carbocycles. The number of aromatic nitrogens is 1. The van der Waals surface area contributed by atoms with Crippen molar-refractivity contribution in [1.82, 2.24) is 10.5 Å². The Kier molecular flexibility index (Phi) is 4.95. The van der Waals surface area contributed by atoms with Crippen LogP contribution in [0.5, 0.6) is 5.75 Å². The molecule has 0 saturated heterocycles. The number of benzene rings is 1. The van der Waals surface area contributed by atoms with Crippen molar-refractivity contribution in [2.24, 2.45) is 5.92 Å². The van der Waals surface area contributed by atoms with E-state index in [0.717, 1.165) is 17.9 Å².